The minimum atomic E-state index is 0.294. The van der Waals surface area contributed by atoms with Gasteiger partial charge in [-0.05, 0) is 44.1 Å². The lowest BCUT2D eigenvalue weighted by Gasteiger charge is -2.25. The Labute approximate surface area is 134 Å². The van der Waals surface area contributed by atoms with Crippen molar-refractivity contribution < 1.29 is 9.47 Å². The molecule has 3 heteroatoms. The van der Waals surface area contributed by atoms with E-state index in [1.54, 1.807) is 7.05 Å². The van der Waals surface area contributed by atoms with Crippen LogP contribution in [0, 0.1) is 18.3 Å². The van der Waals surface area contributed by atoms with Crippen LogP contribution in [-0.4, -0.2) is 32.3 Å². The Kier molecular flexibility index (Phi) is 6.74. The maximum absolute atomic E-state index is 6.13. The molecule has 22 heavy (non-hydrogen) atoms. The first-order valence-electron chi connectivity index (χ1n) is 8.30. The van der Waals surface area contributed by atoms with Gasteiger partial charge >= 0.3 is 0 Å². The number of hydrogen-bond acceptors (Lipinski definition) is 3. The zero-order valence-corrected chi connectivity index (χ0v) is 13.6. The van der Waals surface area contributed by atoms with E-state index in [1.807, 2.05) is 0 Å². The van der Waals surface area contributed by atoms with Gasteiger partial charge in [-0.3, -0.25) is 4.99 Å². The lowest BCUT2D eigenvalue weighted by molar-refractivity contribution is 0.136. The average molecular weight is 301 g/mol. The normalized spacial score (nSPS) is 23.0. The molecule has 3 nitrogen and oxygen atoms in total. The molecule has 2 aliphatic rings. The molecule has 0 heterocycles. The quantitative estimate of drug-likeness (QED) is 0.322. The van der Waals surface area contributed by atoms with Gasteiger partial charge in [0.25, 0.3) is 0 Å². The summed E-state index contributed by atoms with van der Waals surface area (Å²) in [5, 5.41) is 0. The number of hydrogen-bond donors (Lipinski definition) is 0. The summed E-state index contributed by atoms with van der Waals surface area (Å²) in [7, 11) is 1.78. The zero-order valence-electron chi connectivity index (χ0n) is 13.6. The van der Waals surface area contributed by atoms with E-state index in [4.69, 9.17) is 15.9 Å². The van der Waals surface area contributed by atoms with Gasteiger partial charge < -0.3 is 9.47 Å². The number of rotatable bonds is 6. The maximum Gasteiger partial charge on any atom is 0.215 e. The van der Waals surface area contributed by atoms with Crippen molar-refractivity contribution in [1.29, 1.82) is 0 Å². The topological polar surface area (TPSA) is 30.8 Å². The number of ether oxygens (including phenoxy) is 2. The van der Waals surface area contributed by atoms with Crippen molar-refractivity contribution in [1.82, 2.24) is 0 Å². The van der Waals surface area contributed by atoms with Crippen molar-refractivity contribution in [2.24, 2.45) is 10.9 Å². The summed E-state index contributed by atoms with van der Waals surface area (Å²) in [5.74, 6) is 3.56. The minimum absolute atomic E-state index is 0.294. The molecule has 0 amide bonds. The molecule has 0 aliphatic heterocycles. The highest BCUT2D eigenvalue weighted by Gasteiger charge is 2.26. The van der Waals surface area contributed by atoms with E-state index < -0.39 is 0 Å². The highest BCUT2D eigenvalue weighted by molar-refractivity contribution is 5.97. The Morgan fingerprint density at radius 2 is 2.14 bits per heavy atom. The minimum Gasteiger partial charge on any atom is -0.474 e. The molecule has 0 aromatic rings. The first-order chi connectivity index (χ1) is 10.8. The summed E-state index contributed by atoms with van der Waals surface area (Å²) in [6.07, 6.45) is 16.0. The molecule has 0 saturated heterocycles. The van der Waals surface area contributed by atoms with E-state index in [1.165, 1.54) is 24.8 Å². The van der Waals surface area contributed by atoms with Crippen molar-refractivity contribution in [3.05, 3.63) is 23.8 Å². The fourth-order valence-electron chi connectivity index (χ4n) is 3.29. The lowest BCUT2D eigenvalue weighted by Crippen LogP contribution is -2.23. The summed E-state index contributed by atoms with van der Waals surface area (Å²) < 4.78 is 11.6. The molecule has 0 radical (unpaired) electrons. The molecule has 2 aliphatic carbocycles. The Morgan fingerprint density at radius 3 is 2.82 bits per heavy atom. The number of terminal acetylenes is 1. The van der Waals surface area contributed by atoms with Crippen LogP contribution in [-0.2, 0) is 9.47 Å². The molecule has 0 N–H and O–H groups in total. The lowest BCUT2D eigenvalue weighted by atomic mass is 9.95. The number of nitrogens with zero attached hydrogens (tertiary/aromatic N) is 1. The largest absolute Gasteiger partial charge is 0.474 e. The Balaban J connectivity index is 1.94. The summed E-state index contributed by atoms with van der Waals surface area (Å²) in [4.78, 5) is 4.34. The fourth-order valence-corrected chi connectivity index (χ4v) is 3.29. The standard InChI is InChI=1S/C19H27NO2/c1-4-13-21-14-16-9-8-12-18(16)15(2)19(20-3)22-17-10-6-5-7-11-17/h1,12,16-17H,2,5-11,13-14H2,3H3. The van der Waals surface area contributed by atoms with Gasteiger partial charge in [-0.1, -0.05) is 25.0 Å². The monoisotopic (exact) mass is 301 g/mol. The third kappa shape index (κ3) is 4.48. The molecular formula is C19H27NO2. The highest BCUT2D eigenvalue weighted by atomic mass is 16.5. The van der Waals surface area contributed by atoms with Crippen molar-refractivity contribution in [3.63, 3.8) is 0 Å². The van der Waals surface area contributed by atoms with E-state index in [2.05, 4.69) is 23.6 Å². The molecule has 0 bridgehead atoms. The van der Waals surface area contributed by atoms with Gasteiger partial charge in [-0.15, -0.1) is 6.42 Å². The van der Waals surface area contributed by atoms with Gasteiger partial charge in [-0.2, -0.15) is 0 Å². The van der Waals surface area contributed by atoms with Gasteiger partial charge in [0.1, 0.15) is 12.7 Å². The Morgan fingerprint density at radius 1 is 1.36 bits per heavy atom. The SMILES string of the molecule is C#CCOCC1CCC=C1C(=C)C(=NC)OC1CCCCC1. The molecular weight excluding hydrogens is 274 g/mol. The first kappa shape index (κ1) is 16.8. The maximum atomic E-state index is 6.13. The van der Waals surface area contributed by atoms with Crippen molar-refractivity contribution in [3.8, 4) is 12.3 Å². The van der Waals surface area contributed by atoms with Crippen LogP contribution in [0.3, 0.4) is 0 Å². The van der Waals surface area contributed by atoms with Gasteiger partial charge in [0.05, 0.1) is 6.61 Å². The molecule has 0 aromatic carbocycles. The van der Waals surface area contributed by atoms with Crippen LogP contribution >= 0.6 is 0 Å². The van der Waals surface area contributed by atoms with Crippen LogP contribution in [0.2, 0.25) is 0 Å². The van der Waals surface area contributed by atoms with Gasteiger partial charge in [0, 0.05) is 18.5 Å². The van der Waals surface area contributed by atoms with Crippen LogP contribution in [0.5, 0.6) is 0 Å². The Hall–Kier alpha value is -1.53. The molecule has 1 saturated carbocycles. The van der Waals surface area contributed by atoms with Crippen LogP contribution in [0.4, 0.5) is 0 Å². The second-order valence-electron chi connectivity index (χ2n) is 6.04. The van der Waals surface area contributed by atoms with Crippen molar-refractivity contribution in [2.45, 2.75) is 51.0 Å². The second kappa shape index (κ2) is 8.80. The van der Waals surface area contributed by atoms with E-state index in [-0.39, 0.29) is 0 Å². The van der Waals surface area contributed by atoms with Crippen LogP contribution in [0.1, 0.15) is 44.9 Å². The van der Waals surface area contributed by atoms with E-state index >= 15 is 0 Å². The molecule has 2 rings (SSSR count). The third-order valence-electron chi connectivity index (χ3n) is 4.46. The van der Waals surface area contributed by atoms with Gasteiger partial charge in [-0.25, -0.2) is 0 Å². The highest BCUT2D eigenvalue weighted by Crippen LogP contribution is 2.32. The average Bonchev–Trinajstić information content (AvgIpc) is 3.01. The molecule has 0 aromatic heterocycles. The van der Waals surface area contributed by atoms with Crippen LogP contribution in [0.25, 0.3) is 0 Å². The predicted octanol–water partition coefficient (Wildman–Crippen LogP) is 3.91. The molecule has 120 valence electrons. The fraction of sp³-hybridized carbons (Fsp3) is 0.632. The third-order valence-corrected chi connectivity index (χ3v) is 4.46. The number of aliphatic imine (C=N–C) groups is 1. The van der Waals surface area contributed by atoms with Crippen LogP contribution < -0.4 is 0 Å². The van der Waals surface area contributed by atoms with Crippen molar-refractivity contribution in [2.75, 3.05) is 20.3 Å². The molecule has 1 unspecified atom stereocenters. The predicted molar refractivity (Wildman–Crippen MR) is 90.9 cm³/mol. The summed E-state index contributed by atoms with van der Waals surface area (Å²) in [6.45, 7) is 5.24. The van der Waals surface area contributed by atoms with Gasteiger partial charge in [0.2, 0.25) is 5.90 Å². The Bertz CT molecular complexity index is 478. The second-order valence-corrected chi connectivity index (χ2v) is 6.04. The summed E-state index contributed by atoms with van der Waals surface area (Å²) in [5.41, 5.74) is 2.13. The summed E-state index contributed by atoms with van der Waals surface area (Å²) in [6, 6.07) is 0. The molecule has 0 spiro atoms. The summed E-state index contributed by atoms with van der Waals surface area (Å²) >= 11 is 0. The first-order valence-corrected chi connectivity index (χ1v) is 8.30. The van der Waals surface area contributed by atoms with E-state index in [0.717, 1.165) is 31.3 Å². The molecule has 1 atom stereocenters. The zero-order chi connectivity index (χ0) is 15.8. The van der Waals surface area contributed by atoms with E-state index in [0.29, 0.717) is 31.1 Å². The van der Waals surface area contributed by atoms with E-state index in [9.17, 15) is 0 Å². The van der Waals surface area contributed by atoms with Crippen molar-refractivity contribution >= 4 is 5.90 Å². The van der Waals surface area contributed by atoms with Gasteiger partial charge in [0.15, 0.2) is 0 Å². The smallest absolute Gasteiger partial charge is 0.215 e. The molecule has 1 fully saturated rings. The van der Waals surface area contributed by atoms with Crippen LogP contribution in [0.15, 0.2) is 28.8 Å². The number of allylic oxidation sites excluding steroid dienone is 1.